The second-order valence-corrected chi connectivity index (χ2v) is 7.04. The van der Waals surface area contributed by atoms with Crippen molar-refractivity contribution in [1.29, 1.82) is 0 Å². The molecule has 0 radical (unpaired) electrons. The highest BCUT2D eigenvalue weighted by Crippen LogP contribution is 2.27. The summed E-state index contributed by atoms with van der Waals surface area (Å²) in [6.07, 6.45) is 0. The fraction of sp³-hybridized carbons (Fsp3) is 0.118. The van der Waals surface area contributed by atoms with Crippen LogP contribution < -0.4 is 5.32 Å². The first-order valence-electron chi connectivity index (χ1n) is 7.36. The SMILES string of the molecule is Cc1ccc(-c2cc(C(=O)NC(C(=O)O)c3ccccc3Cl)n[nH]2)s1. The number of H-pyrrole nitrogens is 1. The Morgan fingerprint density at radius 3 is 2.68 bits per heavy atom. The normalized spacial score (nSPS) is 11.9. The van der Waals surface area contributed by atoms with Crippen LogP contribution in [0, 0.1) is 6.92 Å². The van der Waals surface area contributed by atoms with Gasteiger partial charge in [-0.2, -0.15) is 5.10 Å². The van der Waals surface area contributed by atoms with Gasteiger partial charge in [0.2, 0.25) is 0 Å². The van der Waals surface area contributed by atoms with Gasteiger partial charge in [-0.3, -0.25) is 9.89 Å². The summed E-state index contributed by atoms with van der Waals surface area (Å²) in [6.45, 7) is 1.99. The molecule has 1 atom stereocenters. The molecule has 8 heteroatoms. The predicted molar refractivity (Wildman–Crippen MR) is 95.9 cm³/mol. The Labute approximate surface area is 152 Å². The van der Waals surface area contributed by atoms with E-state index in [9.17, 15) is 14.7 Å². The third-order valence-electron chi connectivity index (χ3n) is 3.55. The van der Waals surface area contributed by atoms with Crippen LogP contribution in [0.2, 0.25) is 5.02 Å². The van der Waals surface area contributed by atoms with Crippen LogP contribution in [-0.4, -0.2) is 27.2 Å². The zero-order valence-electron chi connectivity index (χ0n) is 13.1. The number of benzene rings is 1. The fourth-order valence-corrected chi connectivity index (χ4v) is 3.41. The number of hydrogen-bond acceptors (Lipinski definition) is 4. The molecule has 0 spiro atoms. The maximum absolute atomic E-state index is 12.4. The molecule has 128 valence electrons. The number of aromatic nitrogens is 2. The molecule has 0 saturated heterocycles. The number of rotatable bonds is 5. The maximum atomic E-state index is 12.4. The van der Waals surface area contributed by atoms with Crippen molar-refractivity contribution in [1.82, 2.24) is 15.5 Å². The summed E-state index contributed by atoms with van der Waals surface area (Å²) in [5.41, 5.74) is 1.13. The molecule has 25 heavy (non-hydrogen) atoms. The molecule has 3 rings (SSSR count). The number of amides is 1. The number of hydrogen-bond donors (Lipinski definition) is 3. The molecule has 2 aromatic heterocycles. The van der Waals surface area contributed by atoms with Crippen LogP contribution in [0.1, 0.15) is 27.0 Å². The maximum Gasteiger partial charge on any atom is 0.330 e. The Morgan fingerprint density at radius 2 is 2.04 bits per heavy atom. The zero-order valence-corrected chi connectivity index (χ0v) is 14.7. The fourth-order valence-electron chi connectivity index (χ4n) is 2.33. The Bertz CT molecular complexity index is 935. The molecule has 3 aromatic rings. The van der Waals surface area contributed by atoms with E-state index in [2.05, 4.69) is 15.5 Å². The van der Waals surface area contributed by atoms with E-state index < -0.39 is 17.9 Å². The highest BCUT2D eigenvalue weighted by atomic mass is 35.5. The van der Waals surface area contributed by atoms with Crippen molar-refractivity contribution in [3.05, 3.63) is 63.6 Å². The summed E-state index contributed by atoms with van der Waals surface area (Å²) >= 11 is 7.61. The van der Waals surface area contributed by atoms with Crippen molar-refractivity contribution < 1.29 is 14.7 Å². The molecule has 3 N–H and O–H groups in total. The van der Waals surface area contributed by atoms with Gasteiger partial charge in [-0.15, -0.1) is 11.3 Å². The minimum Gasteiger partial charge on any atom is -0.479 e. The van der Waals surface area contributed by atoms with Gasteiger partial charge in [-0.25, -0.2) is 4.79 Å². The van der Waals surface area contributed by atoms with Gasteiger partial charge in [0.15, 0.2) is 11.7 Å². The minimum absolute atomic E-state index is 0.111. The van der Waals surface area contributed by atoms with Gasteiger partial charge in [0.1, 0.15) is 0 Å². The summed E-state index contributed by atoms with van der Waals surface area (Å²) in [7, 11) is 0. The lowest BCUT2D eigenvalue weighted by molar-refractivity contribution is -0.139. The standard InChI is InChI=1S/C17H14ClN3O3S/c1-9-6-7-14(25-9)12-8-13(21-20-12)16(22)19-15(17(23)24)10-4-2-3-5-11(10)18/h2-8,15H,1H3,(H,19,22)(H,20,21)(H,23,24). The average molecular weight is 376 g/mol. The quantitative estimate of drug-likeness (QED) is 0.634. The lowest BCUT2D eigenvalue weighted by Gasteiger charge is -2.15. The Hall–Kier alpha value is -2.64. The molecule has 6 nitrogen and oxygen atoms in total. The van der Waals surface area contributed by atoms with Crippen LogP contribution in [0.3, 0.4) is 0 Å². The summed E-state index contributed by atoms with van der Waals surface area (Å²) in [6, 6.07) is 10.7. The van der Waals surface area contributed by atoms with Crippen molar-refractivity contribution in [2.45, 2.75) is 13.0 Å². The Balaban J connectivity index is 1.82. The number of nitrogens with one attached hydrogen (secondary N) is 2. The number of halogens is 1. The van der Waals surface area contributed by atoms with Gasteiger partial charge in [0.05, 0.1) is 10.6 Å². The van der Waals surface area contributed by atoms with Gasteiger partial charge in [-0.1, -0.05) is 29.8 Å². The number of carboxylic acids is 1. The first-order valence-corrected chi connectivity index (χ1v) is 8.55. The van der Waals surface area contributed by atoms with Crippen LogP contribution in [-0.2, 0) is 4.79 Å². The van der Waals surface area contributed by atoms with E-state index in [1.807, 2.05) is 19.1 Å². The van der Waals surface area contributed by atoms with Crippen molar-refractivity contribution in [2.75, 3.05) is 0 Å². The molecule has 2 heterocycles. The molecular weight excluding hydrogens is 362 g/mol. The molecule has 0 aliphatic rings. The molecule has 0 aliphatic carbocycles. The van der Waals surface area contributed by atoms with E-state index in [0.717, 1.165) is 9.75 Å². The van der Waals surface area contributed by atoms with E-state index in [4.69, 9.17) is 11.6 Å². The predicted octanol–water partition coefficient (Wildman–Crippen LogP) is 3.66. The highest BCUT2D eigenvalue weighted by molar-refractivity contribution is 7.15. The molecule has 0 bridgehead atoms. The van der Waals surface area contributed by atoms with E-state index in [-0.39, 0.29) is 10.7 Å². The number of carbonyl (C=O) groups excluding carboxylic acids is 1. The summed E-state index contributed by atoms with van der Waals surface area (Å²) in [5, 5.41) is 18.9. The highest BCUT2D eigenvalue weighted by Gasteiger charge is 2.25. The van der Waals surface area contributed by atoms with Crippen molar-refractivity contribution in [3.63, 3.8) is 0 Å². The van der Waals surface area contributed by atoms with Crippen LogP contribution in [0.15, 0.2) is 42.5 Å². The van der Waals surface area contributed by atoms with Gasteiger partial charge in [0.25, 0.3) is 5.91 Å². The van der Waals surface area contributed by atoms with Crippen molar-refractivity contribution in [2.24, 2.45) is 0 Å². The smallest absolute Gasteiger partial charge is 0.330 e. The van der Waals surface area contributed by atoms with E-state index in [1.165, 1.54) is 0 Å². The van der Waals surface area contributed by atoms with Crippen LogP contribution in [0.4, 0.5) is 0 Å². The largest absolute Gasteiger partial charge is 0.479 e. The topological polar surface area (TPSA) is 95.1 Å². The van der Waals surface area contributed by atoms with Gasteiger partial charge in [0, 0.05) is 15.5 Å². The first kappa shape index (κ1) is 17.2. The Morgan fingerprint density at radius 1 is 1.28 bits per heavy atom. The third-order valence-corrected chi connectivity index (χ3v) is 4.93. The van der Waals surface area contributed by atoms with Gasteiger partial charge in [-0.05, 0) is 31.2 Å². The number of nitrogens with zero attached hydrogens (tertiary/aromatic N) is 1. The monoisotopic (exact) mass is 375 g/mol. The molecule has 1 amide bonds. The molecule has 0 aliphatic heterocycles. The molecule has 1 aromatic carbocycles. The number of aliphatic carboxylic acids is 1. The van der Waals surface area contributed by atoms with Crippen molar-refractivity contribution in [3.8, 4) is 10.6 Å². The van der Waals surface area contributed by atoms with Gasteiger partial charge >= 0.3 is 5.97 Å². The van der Waals surface area contributed by atoms with Crippen LogP contribution >= 0.6 is 22.9 Å². The molecular formula is C17H14ClN3O3S. The van der Waals surface area contributed by atoms with E-state index >= 15 is 0 Å². The lowest BCUT2D eigenvalue weighted by atomic mass is 10.1. The average Bonchev–Trinajstić information content (AvgIpc) is 3.22. The number of carboxylic acid groups (broad SMARTS) is 1. The summed E-state index contributed by atoms with van der Waals surface area (Å²) < 4.78 is 0. The lowest BCUT2D eigenvalue weighted by Crippen LogP contribution is -2.34. The van der Waals surface area contributed by atoms with Crippen LogP contribution in [0.25, 0.3) is 10.6 Å². The number of aryl methyl sites for hydroxylation is 1. The van der Waals surface area contributed by atoms with E-state index in [1.54, 1.807) is 41.7 Å². The third kappa shape index (κ3) is 3.72. The summed E-state index contributed by atoms with van der Waals surface area (Å²) in [4.78, 5) is 26.0. The molecule has 1 unspecified atom stereocenters. The van der Waals surface area contributed by atoms with E-state index in [0.29, 0.717) is 11.3 Å². The van der Waals surface area contributed by atoms with Crippen molar-refractivity contribution >= 4 is 34.8 Å². The number of thiophene rings is 1. The minimum atomic E-state index is -1.26. The number of carbonyl (C=O) groups is 2. The molecule has 0 saturated carbocycles. The second kappa shape index (κ2) is 7.08. The number of aromatic amines is 1. The summed E-state index contributed by atoms with van der Waals surface area (Å²) in [5.74, 6) is -1.80. The molecule has 0 fully saturated rings. The Kier molecular flexibility index (Phi) is 4.87. The van der Waals surface area contributed by atoms with Gasteiger partial charge < -0.3 is 10.4 Å². The van der Waals surface area contributed by atoms with Crippen LogP contribution in [0.5, 0.6) is 0 Å². The zero-order chi connectivity index (χ0) is 18.0. The second-order valence-electron chi connectivity index (χ2n) is 5.34. The first-order chi connectivity index (χ1) is 12.0.